The highest BCUT2D eigenvalue weighted by molar-refractivity contribution is 6.32. The molecule has 0 bridgehead atoms. The Morgan fingerprint density at radius 2 is 1.95 bits per heavy atom. The van der Waals surface area contributed by atoms with Crippen LogP contribution in [-0.2, 0) is 10.9 Å². The van der Waals surface area contributed by atoms with E-state index in [1.807, 2.05) is 0 Å². The van der Waals surface area contributed by atoms with Gasteiger partial charge in [0.1, 0.15) is 5.15 Å². The monoisotopic (exact) mass is 315 g/mol. The Balaban J connectivity index is 2.50. The second kappa shape index (κ2) is 5.73. The highest BCUT2D eigenvalue weighted by Crippen LogP contribution is 2.32. The summed E-state index contributed by atoms with van der Waals surface area (Å²) < 4.78 is 42.6. The zero-order chi connectivity index (χ0) is 15.6. The molecule has 0 spiro atoms. The topological polar surface area (TPSA) is 39.2 Å². The Morgan fingerprint density at radius 1 is 1.24 bits per heavy atom. The lowest BCUT2D eigenvalue weighted by Crippen LogP contribution is -2.05. The second-order valence-corrected chi connectivity index (χ2v) is 4.49. The van der Waals surface area contributed by atoms with Crippen molar-refractivity contribution in [3.8, 4) is 11.1 Å². The second-order valence-electron chi connectivity index (χ2n) is 4.13. The lowest BCUT2D eigenvalue weighted by molar-refractivity contribution is -0.137. The van der Waals surface area contributed by atoms with Crippen molar-refractivity contribution >= 4 is 17.6 Å². The standard InChI is InChI=1S/C14H9ClF3NO2/c1-21-13(20)11-6-9(7-19-12(11)15)8-3-2-4-10(5-8)14(16,17)18/h2-7H,1H3. The van der Waals surface area contributed by atoms with E-state index < -0.39 is 17.7 Å². The van der Waals surface area contributed by atoms with Crippen molar-refractivity contribution in [1.82, 2.24) is 4.98 Å². The van der Waals surface area contributed by atoms with Crippen molar-refractivity contribution in [2.45, 2.75) is 6.18 Å². The average molecular weight is 316 g/mol. The van der Waals surface area contributed by atoms with Crippen LogP contribution < -0.4 is 0 Å². The highest BCUT2D eigenvalue weighted by Gasteiger charge is 2.30. The zero-order valence-corrected chi connectivity index (χ0v) is 11.5. The zero-order valence-electron chi connectivity index (χ0n) is 10.7. The number of rotatable bonds is 2. The molecule has 7 heteroatoms. The number of pyridine rings is 1. The van der Waals surface area contributed by atoms with E-state index in [-0.39, 0.29) is 16.3 Å². The number of ether oxygens (including phenoxy) is 1. The van der Waals surface area contributed by atoms with Crippen LogP contribution in [0.1, 0.15) is 15.9 Å². The minimum atomic E-state index is -4.44. The average Bonchev–Trinajstić information content (AvgIpc) is 2.46. The molecule has 0 N–H and O–H groups in total. The van der Waals surface area contributed by atoms with Gasteiger partial charge in [-0.15, -0.1) is 0 Å². The number of halogens is 4. The maximum absolute atomic E-state index is 12.7. The van der Waals surface area contributed by atoms with Gasteiger partial charge in [0.25, 0.3) is 0 Å². The third-order valence-electron chi connectivity index (χ3n) is 2.77. The molecule has 2 rings (SSSR count). The summed E-state index contributed by atoms with van der Waals surface area (Å²) in [4.78, 5) is 15.3. The number of esters is 1. The van der Waals surface area contributed by atoms with Crippen LogP contribution in [0.25, 0.3) is 11.1 Å². The third-order valence-corrected chi connectivity index (χ3v) is 3.07. The van der Waals surface area contributed by atoms with Gasteiger partial charge in [0, 0.05) is 11.8 Å². The van der Waals surface area contributed by atoms with Gasteiger partial charge in [0.15, 0.2) is 0 Å². The highest BCUT2D eigenvalue weighted by atomic mass is 35.5. The minimum absolute atomic E-state index is 0.00548. The van der Waals surface area contributed by atoms with E-state index >= 15 is 0 Å². The van der Waals surface area contributed by atoms with E-state index in [2.05, 4.69) is 9.72 Å². The first-order chi connectivity index (χ1) is 9.82. The summed E-state index contributed by atoms with van der Waals surface area (Å²) >= 11 is 5.77. The number of carbonyl (C=O) groups excluding carboxylic acids is 1. The quantitative estimate of drug-likeness (QED) is 0.615. The van der Waals surface area contributed by atoms with Gasteiger partial charge in [0.05, 0.1) is 18.2 Å². The molecular weight excluding hydrogens is 307 g/mol. The van der Waals surface area contributed by atoms with Gasteiger partial charge in [0.2, 0.25) is 0 Å². The smallest absolute Gasteiger partial charge is 0.416 e. The SMILES string of the molecule is COC(=O)c1cc(-c2cccc(C(F)(F)F)c2)cnc1Cl. The van der Waals surface area contributed by atoms with Crippen molar-refractivity contribution < 1.29 is 22.7 Å². The normalized spacial score (nSPS) is 11.3. The molecule has 0 amide bonds. The predicted octanol–water partition coefficient (Wildman–Crippen LogP) is 4.21. The van der Waals surface area contributed by atoms with Gasteiger partial charge in [-0.1, -0.05) is 23.7 Å². The molecule has 0 unspecified atom stereocenters. The summed E-state index contributed by atoms with van der Waals surface area (Å²) in [6.45, 7) is 0. The van der Waals surface area contributed by atoms with Crippen LogP contribution in [0.15, 0.2) is 36.5 Å². The number of carbonyl (C=O) groups is 1. The van der Waals surface area contributed by atoms with Crippen molar-refractivity contribution in [2.24, 2.45) is 0 Å². The lowest BCUT2D eigenvalue weighted by Gasteiger charge is -2.09. The van der Waals surface area contributed by atoms with Gasteiger partial charge in [-0.25, -0.2) is 9.78 Å². The van der Waals surface area contributed by atoms with E-state index in [1.165, 1.54) is 31.5 Å². The molecule has 0 fully saturated rings. The fraction of sp³-hybridized carbons (Fsp3) is 0.143. The Hall–Kier alpha value is -2.08. The molecule has 3 nitrogen and oxygen atoms in total. The largest absolute Gasteiger partial charge is 0.465 e. The number of benzene rings is 1. The first-order valence-electron chi connectivity index (χ1n) is 5.74. The number of hydrogen-bond acceptors (Lipinski definition) is 3. The number of aromatic nitrogens is 1. The summed E-state index contributed by atoms with van der Waals surface area (Å²) in [7, 11) is 1.18. The van der Waals surface area contributed by atoms with Crippen LogP contribution in [0.4, 0.5) is 13.2 Å². The Kier molecular flexibility index (Phi) is 4.18. The van der Waals surface area contributed by atoms with Crippen LogP contribution in [0.5, 0.6) is 0 Å². The lowest BCUT2D eigenvalue weighted by atomic mass is 10.0. The van der Waals surface area contributed by atoms with Crippen molar-refractivity contribution in [3.63, 3.8) is 0 Å². The molecule has 110 valence electrons. The van der Waals surface area contributed by atoms with Crippen LogP contribution in [0.2, 0.25) is 5.15 Å². The number of hydrogen-bond donors (Lipinski definition) is 0. The fourth-order valence-electron chi connectivity index (χ4n) is 1.73. The van der Waals surface area contributed by atoms with E-state index in [1.54, 1.807) is 0 Å². The van der Waals surface area contributed by atoms with E-state index in [0.717, 1.165) is 12.1 Å². The van der Waals surface area contributed by atoms with Gasteiger partial charge in [-0.2, -0.15) is 13.2 Å². The number of methoxy groups -OCH3 is 1. The molecule has 1 heterocycles. The van der Waals surface area contributed by atoms with Gasteiger partial charge < -0.3 is 4.74 Å². The summed E-state index contributed by atoms with van der Waals surface area (Å²) in [6.07, 6.45) is -3.15. The van der Waals surface area contributed by atoms with Crippen LogP contribution >= 0.6 is 11.6 Å². The summed E-state index contributed by atoms with van der Waals surface area (Å²) in [5.41, 5.74) is -0.173. The molecule has 0 saturated heterocycles. The van der Waals surface area contributed by atoms with Crippen LogP contribution in [-0.4, -0.2) is 18.1 Å². The van der Waals surface area contributed by atoms with Crippen molar-refractivity contribution in [2.75, 3.05) is 7.11 Å². The summed E-state index contributed by atoms with van der Waals surface area (Å²) in [5.74, 6) is -0.707. The van der Waals surface area contributed by atoms with Crippen molar-refractivity contribution in [1.29, 1.82) is 0 Å². The van der Waals surface area contributed by atoms with Gasteiger partial charge in [-0.05, 0) is 23.8 Å². The van der Waals surface area contributed by atoms with E-state index in [4.69, 9.17) is 11.6 Å². The van der Waals surface area contributed by atoms with Crippen LogP contribution in [0.3, 0.4) is 0 Å². The molecule has 1 aromatic heterocycles. The van der Waals surface area contributed by atoms with Gasteiger partial charge >= 0.3 is 12.1 Å². The summed E-state index contributed by atoms with van der Waals surface area (Å²) in [5, 5.41) is -0.0717. The number of alkyl halides is 3. The first-order valence-corrected chi connectivity index (χ1v) is 6.12. The first kappa shape index (κ1) is 15.3. The molecule has 0 saturated carbocycles. The Labute approximate surface area is 123 Å². The van der Waals surface area contributed by atoms with Crippen molar-refractivity contribution in [3.05, 3.63) is 52.8 Å². The molecule has 0 radical (unpaired) electrons. The molecule has 0 atom stereocenters. The van der Waals surface area contributed by atoms with Gasteiger partial charge in [-0.3, -0.25) is 0 Å². The molecule has 21 heavy (non-hydrogen) atoms. The molecule has 0 aliphatic heterocycles. The molecular formula is C14H9ClF3NO2. The van der Waals surface area contributed by atoms with E-state index in [9.17, 15) is 18.0 Å². The molecule has 2 aromatic rings. The molecule has 0 aliphatic carbocycles. The molecule has 1 aromatic carbocycles. The minimum Gasteiger partial charge on any atom is -0.465 e. The van der Waals surface area contributed by atoms with Crippen LogP contribution in [0, 0.1) is 0 Å². The summed E-state index contributed by atoms with van der Waals surface area (Å²) in [6, 6.07) is 6.06. The molecule has 0 aliphatic rings. The Bertz CT molecular complexity index is 686. The number of nitrogens with zero attached hydrogens (tertiary/aromatic N) is 1. The predicted molar refractivity (Wildman–Crippen MR) is 71.0 cm³/mol. The fourth-order valence-corrected chi connectivity index (χ4v) is 1.91. The Morgan fingerprint density at radius 3 is 2.57 bits per heavy atom. The maximum Gasteiger partial charge on any atom is 0.416 e. The van der Waals surface area contributed by atoms with E-state index in [0.29, 0.717) is 5.56 Å². The third kappa shape index (κ3) is 3.33. The maximum atomic E-state index is 12.7.